The third-order valence-corrected chi connectivity index (χ3v) is 4.84. The maximum atomic E-state index is 12.6. The Morgan fingerprint density at radius 2 is 1.47 bits per heavy atom. The lowest BCUT2D eigenvalue weighted by molar-refractivity contribution is 0.597. The molecule has 0 spiro atoms. The predicted octanol–water partition coefficient (Wildman–Crippen LogP) is 3.47. The van der Waals surface area contributed by atoms with E-state index < -0.39 is 9.84 Å². The molecule has 3 aromatic rings. The van der Waals surface area contributed by atoms with E-state index in [1.54, 1.807) is 42.5 Å². The summed E-state index contributed by atoms with van der Waals surface area (Å²) >= 11 is 0. The fourth-order valence-electron chi connectivity index (χ4n) is 2.08. The Kier molecular flexibility index (Phi) is 2.84. The summed E-state index contributed by atoms with van der Waals surface area (Å²) in [6, 6.07) is 22.2. The second kappa shape index (κ2) is 4.52. The van der Waals surface area contributed by atoms with Crippen LogP contribution in [0.15, 0.2) is 76.5 Å². The SMILES string of the molecule is O=S(=O)(c1ccccc1)c1cc[c]c2ccccc12. The second-order valence-electron chi connectivity index (χ2n) is 4.20. The van der Waals surface area contributed by atoms with Gasteiger partial charge in [0.1, 0.15) is 0 Å². The summed E-state index contributed by atoms with van der Waals surface area (Å²) in [7, 11) is -3.49. The molecule has 0 amide bonds. The topological polar surface area (TPSA) is 34.1 Å². The lowest BCUT2D eigenvalue weighted by Crippen LogP contribution is -2.02. The summed E-state index contributed by atoms with van der Waals surface area (Å²) in [5, 5.41) is 1.51. The van der Waals surface area contributed by atoms with Crippen molar-refractivity contribution in [3.8, 4) is 0 Å². The van der Waals surface area contributed by atoms with Crippen molar-refractivity contribution in [1.29, 1.82) is 0 Å². The van der Waals surface area contributed by atoms with Gasteiger partial charge in [0.2, 0.25) is 9.84 Å². The van der Waals surface area contributed by atoms with Gasteiger partial charge in [0.05, 0.1) is 9.79 Å². The molecule has 0 aliphatic heterocycles. The minimum absolute atomic E-state index is 0.311. The molecule has 0 heterocycles. The summed E-state index contributed by atoms with van der Waals surface area (Å²) in [6.45, 7) is 0. The molecule has 0 aromatic heterocycles. The molecule has 0 saturated carbocycles. The van der Waals surface area contributed by atoms with E-state index in [9.17, 15) is 8.42 Å². The highest BCUT2D eigenvalue weighted by atomic mass is 32.2. The Morgan fingerprint density at radius 3 is 2.26 bits per heavy atom. The van der Waals surface area contributed by atoms with Crippen molar-refractivity contribution < 1.29 is 8.42 Å². The molecule has 0 aliphatic rings. The van der Waals surface area contributed by atoms with Gasteiger partial charge in [-0.05, 0) is 29.7 Å². The van der Waals surface area contributed by atoms with E-state index >= 15 is 0 Å². The predicted molar refractivity (Wildman–Crippen MR) is 74.7 cm³/mol. The van der Waals surface area contributed by atoms with E-state index in [2.05, 4.69) is 6.07 Å². The van der Waals surface area contributed by atoms with Crippen LogP contribution in [0.2, 0.25) is 0 Å². The first-order valence-electron chi connectivity index (χ1n) is 5.89. The van der Waals surface area contributed by atoms with Crippen LogP contribution in [-0.4, -0.2) is 8.42 Å². The lowest BCUT2D eigenvalue weighted by Gasteiger charge is -2.07. The Balaban J connectivity index is 2.31. The van der Waals surface area contributed by atoms with Crippen LogP contribution in [0.3, 0.4) is 0 Å². The molecule has 3 rings (SSSR count). The molecule has 19 heavy (non-hydrogen) atoms. The molecule has 0 bridgehead atoms. The fraction of sp³-hybridized carbons (Fsp3) is 0. The highest BCUT2D eigenvalue weighted by molar-refractivity contribution is 7.91. The first-order valence-corrected chi connectivity index (χ1v) is 7.37. The van der Waals surface area contributed by atoms with Crippen molar-refractivity contribution in [2.45, 2.75) is 9.79 Å². The summed E-state index contributed by atoms with van der Waals surface area (Å²) in [5.41, 5.74) is 0. The zero-order chi connectivity index (χ0) is 13.3. The van der Waals surface area contributed by atoms with Crippen molar-refractivity contribution in [2.75, 3.05) is 0 Å². The fourth-order valence-corrected chi connectivity index (χ4v) is 3.57. The molecule has 0 atom stereocenters. The molecule has 1 radical (unpaired) electrons. The minimum Gasteiger partial charge on any atom is -0.218 e. The van der Waals surface area contributed by atoms with Gasteiger partial charge in [0.25, 0.3) is 0 Å². The highest BCUT2D eigenvalue weighted by Gasteiger charge is 2.19. The minimum atomic E-state index is -3.49. The largest absolute Gasteiger partial charge is 0.218 e. The molecule has 0 saturated heterocycles. The molecular formula is C16H11O2S. The number of rotatable bonds is 2. The smallest absolute Gasteiger partial charge is 0.207 e. The van der Waals surface area contributed by atoms with Gasteiger partial charge in [-0.25, -0.2) is 8.42 Å². The van der Waals surface area contributed by atoms with Gasteiger partial charge >= 0.3 is 0 Å². The molecule has 0 aliphatic carbocycles. The van der Waals surface area contributed by atoms with Crippen molar-refractivity contribution in [3.05, 3.63) is 72.8 Å². The van der Waals surface area contributed by atoms with Crippen LogP contribution in [0.25, 0.3) is 10.8 Å². The molecule has 2 nitrogen and oxygen atoms in total. The van der Waals surface area contributed by atoms with Gasteiger partial charge in [-0.2, -0.15) is 0 Å². The molecular weight excluding hydrogens is 256 g/mol. The average molecular weight is 267 g/mol. The molecule has 0 unspecified atom stereocenters. The second-order valence-corrected chi connectivity index (χ2v) is 6.12. The maximum Gasteiger partial charge on any atom is 0.207 e. The number of benzene rings is 3. The Hall–Kier alpha value is -2.13. The van der Waals surface area contributed by atoms with Crippen LogP contribution in [0, 0.1) is 6.07 Å². The lowest BCUT2D eigenvalue weighted by atomic mass is 10.1. The van der Waals surface area contributed by atoms with Gasteiger partial charge in [0.15, 0.2) is 0 Å². The molecule has 0 fully saturated rings. The van der Waals surface area contributed by atoms with Gasteiger partial charge in [-0.3, -0.25) is 0 Å². The molecule has 3 heteroatoms. The van der Waals surface area contributed by atoms with Crippen LogP contribution in [0.5, 0.6) is 0 Å². The zero-order valence-corrected chi connectivity index (χ0v) is 10.9. The number of hydrogen-bond donors (Lipinski definition) is 0. The Bertz CT molecular complexity index is 816. The third-order valence-electron chi connectivity index (χ3n) is 3.01. The van der Waals surface area contributed by atoms with Gasteiger partial charge in [-0.15, -0.1) is 0 Å². The van der Waals surface area contributed by atoms with Crippen molar-refractivity contribution in [1.82, 2.24) is 0 Å². The van der Waals surface area contributed by atoms with Crippen LogP contribution in [0.1, 0.15) is 0 Å². The standard InChI is InChI=1S/C16H11O2S/c17-19(18,14-9-2-1-3-10-14)16-12-6-8-13-7-4-5-11-15(13)16/h1-7,9-12H. The Morgan fingerprint density at radius 1 is 0.789 bits per heavy atom. The highest BCUT2D eigenvalue weighted by Crippen LogP contribution is 2.27. The summed E-state index contributed by atoms with van der Waals surface area (Å²) in [6.07, 6.45) is 0. The van der Waals surface area contributed by atoms with E-state index in [-0.39, 0.29) is 0 Å². The van der Waals surface area contributed by atoms with Crippen molar-refractivity contribution >= 4 is 20.6 Å². The maximum absolute atomic E-state index is 12.6. The van der Waals surface area contributed by atoms with Crippen molar-refractivity contribution in [2.24, 2.45) is 0 Å². The third kappa shape index (κ3) is 2.02. The van der Waals surface area contributed by atoms with E-state index in [0.29, 0.717) is 15.2 Å². The molecule has 3 aromatic carbocycles. The zero-order valence-electron chi connectivity index (χ0n) is 10.1. The monoisotopic (exact) mass is 267 g/mol. The van der Waals surface area contributed by atoms with E-state index in [1.165, 1.54) is 0 Å². The van der Waals surface area contributed by atoms with Gasteiger partial charge in [-0.1, -0.05) is 48.5 Å². The first-order chi connectivity index (χ1) is 9.19. The number of fused-ring (bicyclic) bond motifs is 1. The van der Waals surface area contributed by atoms with E-state index in [4.69, 9.17) is 0 Å². The van der Waals surface area contributed by atoms with Crippen LogP contribution in [-0.2, 0) is 9.84 Å². The summed E-state index contributed by atoms with van der Waals surface area (Å²) < 4.78 is 25.3. The number of hydrogen-bond acceptors (Lipinski definition) is 2. The summed E-state index contributed by atoms with van der Waals surface area (Å²) in [4.78, 5) is 0.638. The average Bonchev–Trinajstić information content (AvgIpc) is 2.47. The van der Waals surface area contributed by atoms with Crippen molar-refractivity contribution in [3.63, 3.8) is 0 Å². The molecule has 93 valence electrons. The van der Waals surface area contributed by atoms with Crippen LogP contribution < -0.4 is 0 Å². The summed E-state index contributed by atoms with van der Waals surface area (Å²) in [5.74, 6) is 0. The van der Waals surface area contributed by atoms with Crippen LogP contribution in [0.4, 0.5) is 0 Å². The Labute approximate surface area is 112 Å². The van der Waals surface area contributed by atoms with Gasteiger partial charge < -0.3 is 0 Å². The van der Waals surface area contributed by atoms with E-state index in [0.717, 1.165) is 5.39 Å². The first kappa shape index (κ1) is 11.9. The quantitative estimate of drug-likeness (QED) is 0.712. The van der Waals surface area contributed by atoms with Crippen LogP contribution >= 0.6 is 0 Å². The van der Waals surface area contributed by atoms with E-state index in [1.807, 2.05) is 24.3 Å². The normalized spacial score (nSPS) is 11.6. The molecule has 0 N–H and O–H groups in total. The number of sulfone groups is 1. The van der Waals surface area contributed by atoms with Gasteiger partial charge in [0, 0.05) is 5.39 Å².